The number of aromatic amines is 1. The first kappa shape index (κ1) is 8.96. The van der Waals surface area contributed by atoms with Gasteiger partial charge in [0, 0.05) is 3.57 Å². The molecule has 0 atom stereocenters. The SMILES string of the molecule is O=c1[nH]cnc2cc(I)cc(Cl)c12. The van der Waals surface area contributed by atoms with Crippen LogP contribution in [0.5, 0.6) is 0 Å². The topological polar surface area (TPSA) is 45.8 Å². The summed E-state index contributed by atoms with van der Waals surface area (Å²) < 4.78 is 0.966. The largest absolute Gasteiger partial charge is 0.313 e. The van der Waals surface area contributed by atoms with Crippen LogP contribution in [0.15, 0.2) is 23.3 Å². The fourth-order valence-electron chi connectivity index (χ4n) is 1.12. The van der Waals surface area contributed by atoms with E-state index in [9.17, 15) is 4.79 Å². The number of H-pyrrole nitrogens is 1. The predicted molar refractivity (Wildman–Crippen MR) is 60.1 cm³/mol. The molecule has 0 radical (unpaired) electrons. The molecule has 0 aliphatic rings. The number of hydrogen-bond acceptors (Lipinski definition) is 2. The van der Waals surface area contributed by atoms with Gasteiger partial charge < -0.3 is 4.98 Å². The Bertz CT molecular complexity index is 523. The second-order valence-corrected chi connectivity index (χ2v) is 4.17. The molecule has 2 aromatic rings. The number of aromatic nitrogens is 2. The van der Waals surface area contributed by atoms with Gasteiger partial charge in [0.15, 0.2) is 0 Å². The number of halogens is 2. The lowest BCUT2D eigenvalue weighted by Gasteiger charge is -1.98. The van der Waals surface area contributed by atoms with Gasteiger partial charge in [0.2, 0.25) is 0 Å². The Hall–Kier alpha value is -0.620. The van der Waals surface area contributed by atoms with Crippen LogP contribution < -0.4 is 5.56 Å². The standard InChI is InChI=1S/C8H4ClIN2O/c9-5-1-4(10)2-6-7(5)8(13)12-3-11-6/h1-3H,(H,11,12,13). The lowest BCUT2D eigenvalue weighted by Crippen LogP contribution is -2.06. The summed E-state index contributed by atoms with van der Waals surface area (Å²) in [6.45, 7) is 0. The van der Waals surface area contributed by atoms with Crippen molar-refractivity contribution in [1.29, 1.82) is 0 Å². The summed E-state index contributed by atoms with van der Waals surface area (Å²) in [5, 5.41) is 0.890. The molecular weight excluding hydrogens is 302 g/mol. The zero-order valence-electron chi connectivity index (χ0n) is 6.34. The fraction of sp³-hybridized carbons (Fsp3) is 0. The normalized spacial score (nSPS) is 10.6. The van der Waals surface area contributed by atoms with Crippen molar-refractivity contribution in [3.8, 4) is 0 Å². The third-order valence-corrected chi connectivity index (χ3v) is 2.58. The lowest BCUT2D eigenvalue weighted by molar-refractivity contribution is 1.17. The summed E-state index contributed by atoms with van der Waals surface area (Å²) in [7, 11) is 0. The average Bonchev–Trinajstić information content (AvgIpc) is 2.02. The minimum atomic E-state index is -0.202. The molecule has 0 aliphatic carbocycles. The number of rotatable bonds is 0. The molecule has 2 rings (SSSR count). The van der Waals surface area contributed by atoms with Gasteiger partial charge in [-0.2, -0.15) is 0 Å². The molecule has 0 bridgehead atoms. The maximum atomic E-state index is 11.3. The molecule has 3 nitrogen and oxygen atoms in total. The highest BCUT2D eigenvalue weighted by atomic mass is 127. The lowest BCUT2D eigenvalue weighted by atomic mass is 10.2. The minimum absolute atomic E-state index is 0.202. The van der Waals surface area contributed by atoms with Crippen LogP contribution >= 0.6 is 34.2 Å². The highest BCUT2D eigenvalue weighted by Gasteiger charge is 2.04. The van der Waals surface area contributed by atoms with Gasteiger partial charge in [-0.1, -0.05) is 11.6 Å². The second-order valence-electron chi connectivity index (χ2n) is 2.51. The highest BCUT2D eigenvalue weighted by Crippen LogP contribution is 2.21. The Kier molecular flexibility index (Phi) is 2.25. The van der Waals surface area contributed by atoms with Crippen molar-refractivity contribution in [1.82, 2.24) is 9.97 Å². The van der Waals surface area contributed by atoms with Crippen LogP contribution in [0.3, 0.4) is 0 Å². The third-order valence-electron chi connectivity index (χ3n) is 1.66. The molecule has 1 N–H and O–H groups in total. The van der Waals surface area contributed by atoms with Gasteiger partial charge in [0.1, 0.15) is 0 Å². The van der Waals surface area contributed by atoms with Crippen LogP contribution in [0.1, 0.15) is 0 Å². The van der Waals surface area contributed by atoms with Crippen LogP contribution in [0, 0.1) is 3.57 Å². The quantitative estimate of drug-likeness (QED) is 0.758. The van der Waals surface area contributed by atoms with Crippen molar-refractivity contribution in [2.45, 2.75) is 0 Å². The van der Waals surface area contributed by atoms with E-state index in [2.05, 4.69) is 32.6 Å². The summed E-state index contributed by atoms with van der Waals surface area (Å²) >= 11 is 8.03. The molecule has 0 saturated heterocycles. The van der Waals surface area contributed by atoms with Crippen LogP contribution in [0.4, 0.5) is 0 Å². The van der Waals surface area contributed by atoms with E-state index in [1.165, 1.54) is 6.33 Å². The van der Waals surface area contributed by atoms with E-state index in [1.807, 2.05) is 6.07 Å². The first-order valence-electron chi connectivity index (χ1n) is 3.51. The van der Waals surface area contributed by atoms with Gasteiger partial charge in [0.05, 0.1) is 22.3 Å². The summed E-state index contributed by atoms with van der Waals surface area (Å²) in [4.78, 5) is 17.8. The molecule has 1 heterocycles. The Labute approximate surface area is 92.3 Å². The Morgan fingerprint density at radius 3 is 3.00 bits per heavy atom. The molecule has 5 heteroatoms. The molecule has 0 spiro atoms. The molecule has 66 valence electrons. The number of hydrogen-bond donors (Lipinski definition) is 1. The molecule has 1 aromatic carbocycles. The smallest absolute Gasteiger partial charge is 0.260 e. The van der Waals surface area contributed by atoms with Crippen LogP contribution in [0.25, 0.3) is 10.9 Å². The zero-order valence-corrected chi connectivity index (χ0v) is 9.26. The van der Waals surface area contributed by atoms with E-state index in [4.69, 9.17) is 11.6 Å². The van der Waals surface area contributed by atoms with E-state index in [0.29, 0.717) is 15.9 Å². The molecular formula is C8H4ClIN2O. The van der Waals surface area contributed by atoms with E-state index < -0.39 is 0 Å². The number of nitrogens with one attached hydrogen (secondary N) is 1. The molecule has 0 unspecified atom stereocenters. The van der Waals surface area contributed by atoms with Crippen molar-refractivity contribution >= 4 is 45.1 Å². The predicted octanol–water partition coefficient (Wildman–Crippen LogP) is 2.18. The Morgan fingerprint density at radius 1 is 1.46 bits per heavy atom. The minimum Gasteiger partial charge on any atom is -0.313 e. The third kappa shape index (κ3) is 1.55. The highest BCUT2D eigenvalue weighted by molar-refractivity contribution is 14.1. The van der Waals surface area contributed by atoms with Crippen LogP contribution in [0.2, 0.25) is 5.02 Å². The van der Waals surface area contributed by atoms with Crippen molar-refractivity contribution in [2.75, 3.05) is 0 Å². The van der Waals surface area contributed by atoms with Gasteiger partial charge in [-0.3, -0.25) is 4.79 Å². The second kappa shape index (κ2) is 3.26. The van der Waals surface area contributed by atoms with E-state index in [1.54, 1.807) is 6.07 Å². The molecule has 0 amide bonds. The van der Waals surface area contributed by atoms with Crippen molar-refractivity contribution in [3.63, 3.8) is 0 Å². The van der Waals surface area contributed by atoms with Gasteiger partial charge in [-0.05, 0) is 34.7 Å². The molecule has 0 aliphatic heterocycles. The Balaban J connectivity index is 3.03. The average molecular weight is 306 g/mol. The molecule has 0 fully saturated rings. The summed E-state index contributed by atoms with van der Waals surface area (Å²) in [5.41, 5.74) is 0.423. The number of benzene rings is 1. The summed E-state index contributed by atoms with van der Waals surface area (Å²) in [5.74, 6) is 0. The first-order valence-corrected chi connectivity index (χ1v) is 4.96. The van der Waals surface area contributed by atoms with Crippen LogP contribution in [-0.2, 0) is 0 Å². The van der Waals surface area contributed by atoms with Gasteiger partial charge in [-0.25, -0.2) is 4.98 Å². The van der Waals surface area contributed by atoms with E-state index in [0.717, 1.165) is 3.57 Å². The van der Waals surface area contributed by atoms with Crippen LogP contribution in [-0.4, -0.2) is 9.97 Å². The zero-order chi connectivity index (χ0) is 9.42. The fourth-order valence-corrected chi connectivity index (χ4v) is 2.21. The number of fused-ring (bicyclic) bond motifs is 1. The summed E-state index contributed by atoms with van der Waals surface area (Å²) in [6.07, 6.45) is 1.37. The molecule has 13 heavy (non-hydrogen) atoms. The maximum absolute atomic E-state index is 11.3. The monoisotopic (exact) mass is 306 g/mol. The van der Waals surface area contributed by atoms with Gasteiger partial charge in [0.25, 0.3) is 5.56 Å². The van der Waals surface area contributed by atoms with Gasteiger partial charge in [-0.15, -0.1) is 0 Å². The van der Waals surface area contributed by atoms with Gasteiger partial charge >= 0.3 is 0 Å². The van der Waals surface area contributed by atoms with Crippen molar-refractivity contribution in [2.24, 2.45) is 0 Å². The molecule has 1 aromatic heterocycles. The molecule has 0 saturated carbocycles. The van der Waals surface area contributed by atoms with E-state index >= 15 is 0 Å². The van der Waals surface area contributed by atoms with E-state index in [-0.39, 0.29) is 5.56 Å². The van der Waals surface area contributed by atoms with Crippen molar-refractivity contribution < 1.29 is 0 Å². The van der Waals surface area contributed by atoms with Crippen molar-refractivity contribution in [3.05, 3.63) is 37.4 Å². The number of nitrogens with zero attached hydrogens (tertiary/aromatic N) is 1. The Morgan fingerprint density at radius 2 is 2.23 bits per heavy atom. The summed E-state index contributed by atoms with van der Waals surface area (Å²) in [6, 6.07) is 3.55. The first-order chi connectivity index (χ1) is 6.18. The maximum Gasteiger partial charge on any atom is 0.260 e.